The topological polar surface area (TPSA) is 83.5 Å². The van der Waals surface area contributed by atoms with Crippen molar-refractivity contribution >= 4 is 21.5 Å². The number of carboxylic acids is 1. The van der Waals surface area contributed by atoms with Crippen LogP contribution in [0.2, 0.25) is 0 Å². The second-order valence-electron chi connectivity index (χ2n) is 3.83. The van der Waals surface area contributed by atoms with Crippen LogP contribution in [0.3, 0.4) is 0 Å². The average Bonchev–Trinajstić information content (AvgIpc) is 2.27. The Kier molecular flexibility index (Phi) is 4.49. The first-order valence-electron chi connectivity index (χ1n) is 5.25. The van der Waals surface area contributed by atoms with Crippen LogP contribution in [-0.2, 0) is 14.6 Å². The number of aliphatic carboxylic acids is 1. The number of benzene rings is 1. The van der Waals surface area contributed by atoms with Crippen LogP contribution in [0, 0.1) is 0 Å². The molecule has 1 atom stereocenters. The summed E-state index contributed by atoms with van der Waals surface area (Å²) in [5.41, 5.74) is 0.286. The molecule has 1 aromatic rings. The Morgan fingerprint density at radius 2 is 2.11 bits per heavy atom. The van der Waals surface area contributed by atoms with Gasteiger partial charge in [0, 0.05) is 6.26 Å². The zero-order chi connectivity index (χ0) is 13.8. The maximum atomic E-state index is 11.6. The zero-order valence-electron chi connectivity index (χ0n) is 9.96. The fourth-order valence-corrected chi connectivity index (χ4v) is 2.34. The summed E-state index contributed by atoms with van der Waals surface area (Å²) in [7, 11) is -3.40. The fraction of sp³-hybridized carbons (Fsp3) is 0.250. The molecule has 1 unspecified atom stereocenters. The molecular formula is C12H15NO4S. The standard InChI is InChI=1S/C12H15NO4S/c1-3-6-10(12(14)15)13-9-7-4-5-8-11(9)18(2,16)17/h3-5,7-8,10,13H,1,6H2,2H3,(H,14,15). The van der Waals surface area contributed by atoms with E-state index in [4.69, 9.17) is 5.11 Å². The summed E-state index contributed by atoms with van der Waals surface area (Å²) < 4.78 is 23.1. The van der Waals surface area contributed by atoms with Gasteiger partial charge in [0.1, 0.15) is 6.04 Å². The molecule has 18 heavy (non-hydrogen) atoms. The minimum atomic E-state index is -3.40. The third-order valence-electron chi connectivity index (χ3n) is 2.32. The van der Waals surface area contributed by atoms with Crippen molar-refractivity contribution in [2.75, 3.05) is 11.6 Å². The van der Waals surface area contributed by atoms with Crippen LogP contribution >= 0.6 is 0 Å². The van der Waals surface area contributed by atoms with Gasteiger partial charge in [-0.05, 0) is 18.6 Å². The summed E-state index contributed by atoms with van der Waals surface area (Å²) in [6.45, 7) is 3.47. The highest BCUT2D eigenvalue weighted by atomic mass is 32.2. The summed E-state index contributed by atoms with van der Waals surface area (Å²) in [6.07, 6.45) is 2.75. The molecule has 1 rings (SSSR count). The van der Waals surface area contributed by atoms with Crippen LogP contribution in [0.15, 0.2) is 41.8 Å². The number of hydrogen-bond acceptors (Lipinski definition) is 4. The van der Waals surface area contributed by atoms with Crippen LogP contribution in [0.5, 0.6) is 0 Å². The van der Waals surface area contributed by atoms with Crippen LogP contribution in [0.1, 0.15) is 6.42 Å². The average molecular weight is 269 g/mol. The minimum absolute atomic E-state index is 0.0836. The largest absolute Gasteiger partial charge is 0.480 e. The van der Waals surface area contributed by atoms with E-state index >= 15 is 0 Å². The van der Waals surface area contributed by atoms with Crippen molar-refractivity contribution in [2.24, 2.45) is 0 Å². The number of para-hydroxylation sites is 1. The second-order valence-corrected chi connectivity index (χ2v) is 5.81. The van der Waals surface area contributed by atoms with Crippen molar-refractivity contribution in [3.8, 4) is 0 Å². The quantitative estimate of drug-likeness (QED) is 0.765. The van der Waals surface area contributed by atoms with E-state index < -0.39 is 21.8 Å². The lowest BCUT2D eigenvalue weighted by Crippen LogP contribution is -2.29. The highest BCUT2D eigenvalue weighted by Gasteiger charge is 2.19. The van der Waals surface area contributed by atoms with Gasteiger partial charge < -0.3 is 10.4 Å². The Bertz CT molecular complexity index is 551. The van der Waals surface area contributed by atoms with Crippen molar-refractivity contribution in [1.29, 1.82) is 0 Å². The monoisotopic (exact) mass is 269 g/mol. The van der Waals surface area contributed by atoms with E-state index in [0.29, 0.717) is 0 Å². The van der Waals surface area contributed by atoms with Crippen LogP contribution in [0.25, 0.3) is 0 Å². The normalized spacial score (nSPS) is 12.7. The second kappa shape index (κ2) is 5.68. The molecule has 0 heterocycles. The molecule has 6 heteroatoms. The van der Waals surface area contributed by atoms with E-state index in [1.165, 1.54) is 18.2 Å². The zero-order valence-corrected chi connectivity index (χ0v) is 10.8. The maximum Gasteiger partial charge on any atom is 0.326 e. The van der Waals surface area contributed by atoms with Gasteiger partial charge in [0.2, 0.25) is 0 Å². The highest BCUT2D eigenvalue weighted by Crippen LogP contribution is 2.21. The smallest absolute Gasteiger partial charge is 0.326 e. The Balaban J connectivity index is 3.10. The lowest BCUT2D eigenvalue weighted by molar-refractivity contribution is -0.137. The van der Waals surface area contributed by atoms with Crippen molar-refractivity contribution < 1.29 is 18.3 Å². The Morgan fingerprint density at radius 1 is 1.50 bits per heavy atom. The van der Waals surface area contributed by atoms with Crippen LogP contribution < -0.4 is 5.32 Å². The molecule has 0 amide bonds. The number of nitrogens with one attached hydrogen (secondary N) is 1. The molecule has 1 aromatic carbocycles. The van der Waals surface area contributed by atoms with Gasteiger partial charge >= 0.3 is 5.97 Å². The molecule has 0 bridgehead atoms. The number of sulfone groups is 1. The van der Waals surface area contributed by atoms with E-state index in [-0.39, 0.29) is 17.0 Å². The number of rotatable bonds is 6. The number of carboxylic acid groups (broad SMARTS) is 1. The Hall–Kier alpha value is -1.82. The van der Waals surface area contributed by atoms with Gasteiger partial charge in [0.05, 0.1) is 10.6 Å². The van der Waals surface area contributed by atoms with Gasteiger partial charge in [0.25, 0.3) is 0 Å². The number of anilines is 1. The van der Waals surface area contributed by atoms with E-state index in [1.54, 1.807) is 12.1 Å². The number of carbonyl (C=O) groups is 1. The van der Waals surface area contributed by atoms with Crippen molar-refractivity contribution in [1.82, 2.24) is 0 Å². The van der Waals surface area contributed by atoms with E-state index in [0.717, 1.165) is 6.26 Å². The molecule has 0 aliphatic heterocycles. The lowest BCUT2D eigenvalue weighted by atomic mass is 10.2. The van der Waals surface area contributed by atoms with E-state index in [1.807, 2.05) is 0 Å². The SMILES string of the molecule is C=CCC(Nc1ccccc1S(C)(=O)=O)C(=O)O. The van der Waals surface area contributed by atoms with Crippen molar-refractivity contribution in [3.63, 3.8) is 0 Å². The van der Waals surface area contributed by atoms with Gasteiger partial charge in [-0.3, -0.25) is 0 Å². The van der Waals surface area contributed by atoms with Gasteiger partial charge in [0.15, 0.2) is 9.84 Å². The van der Waals surface area contributed by atoms with Gasteiger partial charge in [-0.25, -0.2) is 13.2 Å². The van der Waals surface area contributed by atoms with Crippen molar-refractivity contribution in [3.05, 3.63) is 36.9 Å². The van der Waals surface area contributed by atoms with Gasteiger partial charge in [-0.15, -0.1) is 6.58 Å². The summed E-state index contributed by atoms with van der Waals surface area (Å²) in [5.74, 6) is -1.06. The van der Waals surface area contributed by atoms with Gasteiger partial charge in [-0.1, -0.05) is 18.2 Å². The molecule has 0 saturated carbocycles. The van der Waals surface area contributed by atoms with Crippen molar-refractivity contribution in [2.45, 2.75) is 17.4 Å². The first kappa shape index (κ1) is 14.2. The molecule has 5 nitrogen and oxygen atoms in total. The predicted octanol–water partition coefficient (Wildman–Crippen LogP) is 1.53. The molecule has 2 N–H and O–H groups in total. The van der Waals surface area contributed by atoms with Crippen LogP contribution in [-0.4, -0.2) is 31.8 Å². The molecule has 0 aliphatic carbocycles. The molecule has 0 fully saturated rings. The maximum absolute atomic E-state index is 11.6. The molecule has 0 spiro atoms. The van der Waals surface area contributed by atoms with Gasteiger partial charge in [-0.2, -0.15) is 0 Å². The first-order valence-corrected chi connectivity index (χ1v) is 7.14. The van der Waals surface area contributed by atoms with E-state index in [2.05, 4.69) is 11.9 Å². The molecule has 0 aromatic heterocycles. The molecule has 98 valence electrons. The molecule has 0 radical (unpaired) electrons. The highest BCUT2D eigenvalue weighted by molar-refractivity contribution is 7.90. The summed E-state index contributed by atoms with van der Waals surface area (Å²) in [6, 6.07) is 5.31. The van der Waals surface area contributed by atoms with E-state index in [9.17, 15) is 13.2 Å². The third kappa shape index (κ3) is 3.59. The molecule has 0 aliphatic rings. The molecular weight excluding hydrogens is 254 g/mol. The number of hydrogen-bond donors (Lipinski definition) is 2. The lowest BCUT2D eigenvalue weighted by Gasteiger charge is -2.16. The fourth-order valence-electron chi connectivity index (χ4n) is 1.49. The molecule has 0 saturated heterocycles. The Labute approximate surface area is 106 Å². The predicted molar refractivity (Wildman–Crippen MR) is 69.4 cm³/mol. The van der Waals surface area contributed by atoms with Crippen LogP contribution in [0.4, 0.5) is 5.69 Å². The first-order chi connectivity index (χ1) is 8.36. The third-order valence-corrected chi connectivity index (χ3v) is 3.47. The summed E-state index contributed by atoms with van der Waals surface area (Å²) in [4.78, 5) is 11.1. The summed E-state index contributed by atoms with van der Waals surface area (Å²) in [5, 5.41) is 11.7. The Morgan fingerprint density at radius 3 is 2.61 bits per heavy atom. The summed E-state index contributed by atoms with van der Waals surface area (Å²) >= 11 is 0. The minimum Gasteiger partial charge on any atom is -0.480 e.